The molecule has 0 aliphatic carbocycles. The normalized spacial score (nSPS) is 12.2. The van der Waals surface area contributed by atoms with Crippen molar-refractivity contribution in [1.29, 1.82) is 0 Å². The molecule has 0 rings (SSSR count). The predicted octanol–water partition coefficient (Wildman–Crippen LogP) is -0.369. The van der Waals surface area contributed by atoms with Gasteiger partial charge in [0, 0.05) is 0 Å². The van der Waals surface area contributed by atoms with Crippen LogP contribution >= 0.6 is 0 Å². The number of rotatable bonds is 17. The number of hydrogen-bond donors (Lipinski definition) is 1. The number of ether oxygens (including phenoxy) is 1. The van der Waals surface area contributed by atoms with Gasteiger partial charge in [0.1, 0.15) is 5.25 Å². The zero-order valence-electron chi connectivity index (χ0n) is 16.8. The summed E-state index contributed by atoms with van der Waals surface area (Å²) < 4.78 is 35.2. The molecule has 0 heterocycles. The average molecular weight is 417 g/mol. The molecular weight excluding hydrogens is 383 g/mol. The summed E-state index contributed by atoms with van der Waals surface area (Å²) in [6.07, 6.45) is 13.1. The van der Waals surface area contributed by atoms with Gasteiger partial charge >= 0.3 is 35.5 Å². The first-order valence-corrected chi connectivity index (χ1v) is 11.1. The molecule has 0 saturated heterocycles. The fourth-order valence-electron chi connectivity index (χ4n) is 2.65. The van der Waals surface area contributed by atoms with Crippen LogP contribution in [0.25, 0.3) is 0 Å². The zero-order valence-corrected chi connectivity index (χ0v) is 19.6. The maximum Gasteiger partial charge on any atom is 1.00 e. The van der Waals surface area contributed by atoms with Crippen molar-refractivity contribution in [3.8, 4) is 0 Å². The van der Waals surface area contributed by atoms with Gasteiger partial charge in [-0.2, -0.15) is 8.42 Å². The zero-order chi connectivity index (χ0) is 19.8. The third-order valence-electron chi connectivity index (χ3n) is 4.24. The van der Waals surface area contributed by atoms with Crippen molar-refractivity contribution in [3.63, 3.8) is 0 Å². The molecule has 0 amide bonds. The van der Waals surface area contributed by atoms with Gasteiger partial charge in [0.2, 0.25) is 0 Å². The molecule has 0 aromatic heterocycles. The summed E-state index contributed by atoms with van der Waals surface area (Å²) in [6, 6.07) is 0. The van der Waals surface area contributed by atoms with Crippen LogP contribution in [0, 0.1) is 0 Å². The number of aliphatic carboxylic acids is 1. The molecule has 0 radical (unpaired) electrons. The SMILES string of the molecule is CCCCCCCCCCCCCCOC(=O)CC(C(=O)[O-])S(=O)(=O)O.[Na+]. The fraction of sp³-hybridized carbons (Fsp3) is 0.889. The summed E-state index contributed by atoms with van der Waals surface area (Å²) in [5, 5.41) is 8.33. The average Bonchev–Trinajstić information content (AvgIpc) is 2.55. The van der Waals surface area contributed by atoms with Crippen molar-refractivity contribution in [2.24, 2.45) is 0 Å². The van der Waals surface area contributed by atoms with E-state index < -0.39 is 33.7 Å². The summed E-state index contributed by atoms with van der Waals surface area (Å²) in [6.45, 7) is 2.33. The Morgan fingerprint density at radius 2 is 1.30 bits per heavy atom. The fourth-order valence-corrected chi connectivity index (χ4v) is 3.24. The summed E-state index contributed by atoms with van der Waals surface area (Å²) in [5.41, 5.74) is 0. The van der Waals surface area contributed by atoms with Crippen molar-refractivity contribution in [2.45, 2.75) is 95.6 Å². The molecule has 0 fully saturated rings. The largest absolute Gasteiger partial charge is 1.00 e. The van der Waals surface area contributed by atoms with Crippen LogP contribution in [-0.4, -0.2) is 36.8 Å². The summed E-state index contributed by atoms with van der Waals surface area (Å²) >= 11 is 0. The van der Waals surface area contributed by atoms with Crippen LogP contribution in [0.3, 0.4) is 0 Å². The predicted molar refractivity (Wildman–Crippen MR) is 97.0 cm³/mol. The van der Waals surface area contributed by atoms with Gasteiger partial charge in [0.25, 0.3) is 10.1 Å². The number of carboxylic acid groups (broad SMARTS) is 1. The van der Waals surface area contributed by atoms with Crippen LogP contribution in [0.2, 0.25) is 0 Å². The van der Waals surface area contributed by atoms with E-state index in [1.807, 2.05) is 0 Å². The van der Waals surface area contributed by atoms with Crippen LogP contribution in [0.1, 0.15) is 90.4 Å². The molecule has 0 spiro atoms. The van der Waals surface area contributed by atoms with Gasteiger partial charge in [-0.1, -0.05) is 77.6 Å². The number of carbonyl (C=O) groups is 2. The Bertz CT molecular complexity index is 494. The minimum atomic E-state index is -4.88. The summed E-state index contributed by atoms with van der Waals surface area (Å²) in [7, 11) is -4.88. The molecule has 1 unspecified atom stereocenters. The number of carboxylic acids is 1. The number of hydrogen-bond acceptors (Lipinski definition) is 6. The van der Waals surface area contributed by atoms with Crippen molar-refractivity contribution in [3.05, 3.63) is 0 Å². The molecular formula is C18H33NaO7S. The first kappa shape index (κ1) is 29.1. The Morgan fingerprint density at radius 1 is 0.889 bits per heavy atom. The molecule has 0 saturated carbocycles. The van der Waals surface area contributed by atoms with Crippen LogP contribution in [-0.2, 0) is 24.4 Å². The van der Waals surface area contributed by atoms with Gasteiger partial charge in [-0.15, -0.1) is 0 Å². The third kappa shape index (κ3) is 17.7. The van der Waals surface area contributed by atoms with Crippen LogP contribution in [0.15, 0.2) is 0 Å². The van der Waals surface area contributed by atoms with Crippen molar-refractivity contribution in [1.82, 2.24) is 0 Å². The van der Waals surface area contributed by atoms with Gasteiger partial charge in [0.05, 0.1) is 19.0 Å². The summed E-state index contributed by atoms with van der Waals surface area (Å²) in [4.78, 5) is 22.0. The molecule has 7 nitrogen and oxygen atoms in total. The van der Waals surface area contributed by atoms with E-state index in [1.54, 1.807) is 0 Å². The number of carbonyl (C=O) groups excluding carboxylic acids is 2. The molecule has 0 aliphatic heterocycles. The molecule has 1 N–H and O–H groups in total. The maximum atomic E-state index is 11.4. The van der Waals surface area contributed by atoms with Crippen LogP contribution < -0.4 is 34.7 Å². The molecule has 0 aliphatic rings. The Labute approximate surface area is 185 Å². The standard InChI is InChI=1S/C18H34O7S.Na/c1-2-3-4-5-6-7-8-9-10-11-12-13-14-25-17(19)15-16(18(20)21)26(22,23)24;/h16H,2-15H2,1H3,(H,20,21)(H,22,23,24);/q;+1/p-1. The summed E-state index contributed by atoms with van der Waals surface area (Å²) in [5.74, 6) is -2.99. The van der Waals surface area contributed by atoms with E-state index in [0.29, 0.717) is 6.42 Å². The number of unbranched alkanes of at least 4 members (excludes halogenated alkanes) is 11. The van der Waals surface area contributed by atoms with Crippen LogP contribution in [0.4, 0.5) is 0 Å². The molecule has 9 heteroatoms. The topological polar surface area (TPSA) is 121 Å². The maximum absolute atomic E-state index is 11.4. The molecule has 0 aromatic carbocycles. The van der Waals surface area contributed by atoms with Crippen molar-refractivity contribution >= 4 is 22.1 Å². The smallest absolute Gasteiger partial charge is 0.549 e. The van der Waals surface area contributed by atoms with Gasteiger partial charge in [-0.05, 0) is 6.42 Å². The van der Waals surface area contributed by atoms with Crippen LogP contribution in [0.5, 0.6) is 0 Å². The third-order valence-corrected chi connectivity index (χ3v) is 5.31. The van der Waals surface area contributed by atoms with Crippen molar-refractivity contribution in [2.75, 3.05) is 6.61 Å². The van der Waals surface area contributed by atoms with Gasteiger partial charge in [-0.25, -0.2) is 0 Å². The molecule has 0 bridgehead atoms. The Balaban J connectivity index is 0. The second-order valence-electron chi connectivity index (χ2n) is 6.64. The van der Waals surface area contributed by atoms with Gasteiger partial charge < -0.3 is 14.6 Å². The van der Waals surface area contributed by atoms with E-state index in [0.717, 1.165) is 19.3 Å². The Hall–Kier alpha value is -0.150. The first-order chi connectivity index (χ1) is 12.3. The molecule has 0 aromatic rings. The Morgan fingerprint density at radius 3 is 1.67 bits per heavy atom. The van der Waals surface area contributed by atoms with E-state index in [-0.39, 0.29) is 36.2 Å². The van der Waals surface area contributed by atoms with E-state index in [2.05, 4.69) is 6.92 Å². The molecule has 27 heavy (non-hydrogen) atoms. The monoisotopic (exact) mass is 416 g/mol. The van der Waals surface area contributed by atoms with Crippen molar-refractivity contribution < 1.29 is 62.0 Å². The molecule has 154 valence electrons. The number of esters is 1. The van der Waals surface area contributed by atoms with E-state index in [9.17, 15) is 23.1 Å². The van der Waals surface area contributed by atoms with E-state index in [1.165, 1.54) is 51.4 Å². The first-order valence-electron chi connectivity index (χ1n) is 9.61. The quantitative estimate of drug-likeness (QED) is 0.149. The second-order valence-corrected chi connectivity index (χ2v) is 8.24. The van der Waals surface area contributed by atoms with Gasteiger partial charge in [-0.3, -0.25) is 9.35 Å². The molecule has 1 atom stereocenters. The minimum Gasteiger partial charge on any atom is -0.549 e. The second kappa shape index (κ2) is 17.9. The van der Waals surface area contributed by atoms with E-state index in [4.69, 9.17) is 9.29 Å². The van der Waals surface area contributed by atoms with E-state index >= 15 is 0 Å². The Kier molecular flexibility index (Phi) is 19.3. The van der Waals surface area contributed by atoms with Gasteiger partial charge in [0.15, 0.2) is 0 Å². The minimum absolute atomic E-state index is 0.